The number of rotatable bonds is 1. The Hall–Kier alpha value is -0.0701. The molecule has 3 saturated heterocycles. The first kappa shape index (κ1) is 13.9. The van der Waals surface area contributed by atoms with Gasteiger partial charge in [0, 0.05) is 12.2 Å². The van der Waals surface area contributed by atoms with Gasteiger partial charge in [-0.25, -0.2) is 0 Å². The standard InChI is InChI=1S/C12H24B2NO4/c1-9-7-15-8-10(2)17-14(15,16-9)13-18-11(3,4)12(5,6)19-13/h9-10H,7-8H2,1-6H3/q-1/t9-,10+,14?. The zero-order valence-electron chi connectivity index (χ0n) is 12.8. The van der Waals surface area contributed by atoms with E-state index in [0.29, 0.717) is 0 Å². The third-order valence-electron chi connectivity index (χ3n) is 4.96. The van der Waals surface area contributed by atoms with Crippen LogP contribution in [0.25, 0.3) is 0 Å². The SMILES string of the molecule is C[C@@H]1CN2C[C@H](C)O[B-]2(B2OC(C)(C)C(C)(C)O2)O1. The van der Waals surface area contributed by atoms with Crippen molar-refractivity contribution in [1.82, 2.24) is 4.81 Å². The Labute approximate surface area is 116 Å². The van der Waals surface area contributed by atoms with E-state index in [1.165, 1.54) is 0 Å². The molecule has 3 aliphatic heterocycles. The third kappa shape index (κ3) is 1.90. The quantitative estimate of drug-likeness (QED) is 0.669. The van der Waals surface area contributed by atoms with Crippen LogP contribution in [-0.4, -0.2) is 54.9 Å². The van der Waals surface area contributed by atoms with E-state index >= 15 is 0 Å². The first-order valence-electron chi connectivity index (χ1n) is 7.27. The summed E-state index contributed by atoms with van der Waals surface area (Å²) in [5.41, 5.74) is -0.714. The molecule has 3 aliphatic rings. The minimum absolute atomic E-state index is 0.159. The number of nitrogens with zero attached hydrogens (tertiary/aromatic N) is 1. The lowest BCUT2D eigenvalue weighted by Gasteiger charge is -2.39. The average molecular weight is 268 g/mol. The zero-order valence-corrected chi connectivity index (χ0v) is 12.8. The summed E-state index contributed by atoms with van der Waals surface area (Å²) in [6.07, 6.45) is 0.318. The fourth-order valence-electron chi connectivity index (χ4n) is 3.35. The molecule has 0 amide bonds. The van der Waals surface area contributed by atoms with E-state index in [9.17, 15) is 0 Å². The highest BCUT2D eigenvalue weighted by molar-refractivity contribution is 7.21. The van der Waals surface area contributed by atoms with E-state index in [0.717, 1.165) is 13.1 Å². The van der Waals surface area contributed by atoms with E-state index in [1.807, 2.05) is 0 Å². The van der Waals surface area contributed by atoms with Crippen molar-refractivity contribution in [2.75, 3.05) is 13.1 Å². The van der Waals surface area contributed by atoms with E-state index in [4.69, 9.17) is 18.6 Å². The molecule has 3 fully saturated rings. The molecule has 5 nitrogen and oxygen atoms in total. The van der Waals surface area contributed by atoms with Crippen LogP contribution in [0.15, 0.2) is 0 Å². The number of fused-ring (bicyclic) bond motifs is 1. The van der Waals surface area contributed by atoms with Crippen LogP contribution in [0, 0.1) is 0 Å². The molecule has 0 saturated carbocycles. The van der Waals surface area contributed by atoms with Crippen LogP contribution in [-0.2, 0) is 18.6 Å². The van der Waals surface area contributed by atoms with E-state index in [1.54, 1.807) is 0 Å². The lowest BCUT2D eigenvalue weighted by molar-refractivity contribution is 0.00578. The van der Waals surface area contributed by atoms with Gasteiger partial charge in [0.15, 0.2) is 0 Å². The Morgan fingerprint density at radius 2 is 1.37 bits per heavy atom. The van der Waals surface area contributed by atoms with Gasteiger partial charge >= 0.3 is 13.6 Å². The third-order valence-corrected chi connectivity index (χ3v) is 4.96. The van der Waals surface area contributed by atoms with Gasteiger partial charge in [0.25, 0.3) is 0 Å². The fraction of sp³-hybridized carbons (Fsp3) is 1.00. The Bertz CT molecular complexity index is 360. The Morgan fingerprint density at radius 1 is 0.947 bits per heavy atom. The van der Waals surface area contributed by atoms with Gasteiger partial charge in [0.05, 0.1) is 11.2 Å². The molecule has 0 radical (unpaired) electrons. The first-order chi connectivity index (χ1) is 8.66. The summed E-state index contributed by atoms with van der Waals surface area (Å²) in [5.74, 6) is 0. The van der Waals surface area contributed by atoms with Crippen molar-refractivity contribution >= 4 is 13.6 Å². The minimum atomic E-state index is -1.64. The van der Waals surface area contributed by atoms with E-state index < -0.39 is 13.6 Å². The second-order valence-electron chi connectivity index (χ2n) is 7.20. The average Bonchev–Trinajstić information content (AvgIpc) is 2.74. The maximum absolute atomic E-state index is 6.16. The predicted molar refractivity (Wildman–Crippen MR) is 74.5 cm³/mol. The molecule has 1 unspecified atom stereocenters. The van der Waals surface area contributed by atoms with Gasteiger partial charge < -0.3 is 23.4 Å². The summed E-state index contributed by atoms with van der Waals surface area (Å²) in [4.78, 5) is 2.26. The van der Waals surface area contributed by atoms with Gasteiger partial charge in [-0.2, -0.15) is 0 Å². The molecular formula is C12H24B2NO4-. The second-order valence-corrected chi connectivity index (χ2v) is 7.20. The number of hydrogen-bond acceptors (Lipinski definition) is 5. The second kappa shape index (κ2) is 3.98. The van der Waals surface area contributed by atoms with Crippen molar-refractivity contribution in [3.8, 4) is 0 Å². The van der Waals surface area contributed by atoms with Crippen LogP contribution in [0.1, 0.15) is 41.5 Å². The predicted octanol–water partition coefficient (Wildman–Crippen LogP) is 1.24. The normalized spacial score (nSPS) is 44.8. The van der Waals surface area contributed by atoms with Crippen molar-refractivity contribution in [1.29, 1.82) is 0 Å². The highest BCUT2D eigenvalue weighted by Gasteiger charge is 2.63. The Kier molecular flexibility index (Phi) is 2.91. The molecule has 3 rings (SSSR count). The van der Waals surface area contributed by atoms with Crippen molar-refractivity contribution < 1.29 is 18.6 Å². The van der Waals surface area contributed by atoms with Gasteiger partial charge in [-0.05, 0) is 54.6 Å². The molecule has 0 N–H and O–H groups in total. The fourth-order valence-corrected chi connectivity index (χ4v) is 3.35. The topological polar surface area (TPSA) is 40.2 Å². The molecule has 0 spiro atoms. The summed E-state index contributed by atoms with van der Waals surface area (Å²) < 4.78 is 24.6. The van der Waals surface area contributed by atoms with Crippen LogP contribution in [0.3, 0.4) is 0 Å². The monoisotopic (exact) mass is 268 g/mol. The maximum Gasteiger partial charge on any atom is 0.349 e. The Morgan fingerprint density at radius 3 is 1.79 bits per heavy atom. The van der Waals surface area contributed by atoms with Crippen LogP contribution < -0.4 is 0 Å². The molecule has 0 aromatic heterocycles. The van der Waals surface area contributed by atoms with Crippen LogP contribution in [0.4, 0.5) is 0 Å². The molecule has 19 heavy (non-hydrogen) atoms. The molecule has 0 aromatic carbocycles. The molecule has 0 bridgehead atoms. The van der Waals surface area contributed by atoms with Crippen molar-refractivity contribution in [3.05, 3.63) is 0 Å². The molecule has 0 aromatic rings. The molecule has 3 atom stereocenters. The first-order valence-corrected chi connectivity index (χ1v) is 7.27. The maximum atomic E-state index is 6.16. The molecule has 0 aliphatic carbocycles. The van der Waals surface area contributed by atoms with Gasteiger partial charge in [0.1, 0.15) is 0 Å². The van der Waals surface area contributed by atoms with Crippen LogP contribution in [0.2, 0.25) is 0 Å². The van der Waals surface area contributed by atoms with Crippen molar-refractivity contribution in [3.63, 3.8) is 0 Å². The highest BCUT2D eigenvalue weighted by atomic mass is 16.7. The molecule has 108 valence electrons. The Balaban J connectivity index is 1.89. The highest BCUT2D eigenvalue weighted by Crippen LogP contribution is 2.43. The lowest BCUT2D eigenvalue weighted by Crippen LogP contribution is -2.62. The summed E-state index contributed by atoms with van der Waals surface area (Å²) >= 11 is 0. The summed E-state index contributed by atoms with van der Waals surface area (Å²) in [7, 11) is -0.445. The summed E-state index contributed by atoms with van der Waals surface area (Å²) in [6.45, 7) is 12.5. The van der Waals surface area contributed by atoms with Crippen LogP contribution >= 0.6 is 0 Å². The van der Waals surface area contributed by atoms with E-state index in [2.05, 4.69) is 46.4 Å². The molecular weight excluding hydrogens is 244 g/mol. The summed E-state index contributed by atoms with van der Waals surface area (Å²) in [5, 5.41) is 0. The van der Waals surface area contributed by atoms with Crippen LogP contribution in [0.5, 0.6) is 0 Å². The number of hydrogen-bond donors (Lipinski definition) is 0. The zero-order chi connectivity index (χ0) is 14.1. The van der Waals surface area contributed by atoms with Crippen molar-refractivity contribution in [2.45, 2.75) is 65.0 Å². The van der Waals surface area contributed by atoms with E-state index in [-0.39, 0.29) is 23.4 Å². The minimum Gasteiger partial charge on any atom is -0.554 e. The molecule has 3 heterocycles. The largest absolute Gasteiger partial charge is 0.554 e. The van der Waals surface area contributed by atoms with Gasteiger partial charge in [0.2, 0.25) is 0 Å². The van der Waals surface area contributed by atoms with Gasteiger partial charge in [-0.15, -0.1) is 0 Å². The molecule has 7 heteroatoms. The smallest absolute Gasteiger partial charge is 0.349 e. The lowest BCUT2D eigenvalue weighted by atomic mass is 9.37. The van der Waals surface area contributed by atoms with Gasteiger partial charge in [-0.3, -0.25) is 0 Å². The van der Waals surface area contributed by atoms with Gasteiger partial charge in [-0.1, -0.05) is 0 Å². The summed E-state index contributed by atoms with van der Waals surface area (Å²) in [6, 6.07) is 0. The van der Waals surface area contributed by atoms with Crippen molar-refractivity contribution in [2.24, 2.45) is 0 Å².